The van der Waals surface area contributed by atoms with Crippen molar-refractivity contribution in [2.75, 3.05) is 20.1 Å². The molecule has 0 bridgehead atoms. The Labute approximate surface area is 135 Å². The van der Waals surface area contributed by atoms with Crippen LogP contribution in [0.4, 0.5) is 4.39 Å². The molecule has 0 radical (unpaired) electrons. The van der Waals surface area contributed by atoms with Gasteiger partial charge in [0.1, 0.15) is 12.0 Å². The summed E-state index contributed by atoms with van der Waals surface area (Å²) in [5.74, 6) is 1.48. The van der Waals surface area contributed by atoms with Crippen LogP contribution in [0.15, 0.2) is 12.3 Å². The van der Waals surface area contributed by atoms with Crippen LogP contribution in [-0.2, 0) is 19.5 Å². The molecular formula is C15H24FN7. The van der Waals surface area contributed by atoms with E-state index in [2.05, 4.69) is 50.5 Å². The highest BCUT2D eigenvalue weighted by Gasteiger charge is 2.27. The van der Waals surface area contributed by atoms with Gasteiger partial charge < -0.3 is 5.32 Å². The van der Waals surface area contributed by atoms with E-state index in [9.17, 15) is 4.39 Å². The minimum atomic E-state index is -0.798. The summed E-state index contributed by atoms with van der Waals surface area (Å²) < 4.78 is 15.2. The molecule has 0 amide bonds. The second-order valence-electron chi connectivity index (χ2n) is 6.06. The fraction of sp³-hybridized carbons (Fsp3) is 0.667. The molecule has 0 saturated carbocycles. The smallest absolute Gasteiger partial charge is 0.167 e. The molecule has 2 atom stereocenters. The van der Waals surface area contributed by atoms with Gasteiger partial charge in [0.25, 0.3) is 0 Å². The minimum absolute atomic E-state index is 0.0702. The van der Waals surface area contributed by atoms with E-state index in [-0.39, 0.29) is 6.04 Å². The van der Waals surface area contributed by atoms with E-state index in [0.29, 0.717) is 25.3 Å². The van der Waals surface area contributed by atoms with Crippen molar-refractivity contribution in [1.82, 2.24) is 35.2 Å². The summed E-state index contributed by atoms with van der Waals surface area (Å²) >= 11 is 0. The van der Waals surface area contributed by atoms with Gasteiger partial charge in [-0.2, -0.15) is 10.2 Å². The van der Waals surface area contributed by atoms with E-state index in [4.69, 9.17) is 0 Å². The van der Waals surface area contributed by atoms with E-state index < -0.39 is 6.17 Å². The minimum Gasteiger partial charge on any atom is -0.304 e. The Morgan fingerprint density at radius 1 is 1.48 bits per heavy atom. The third-order valence-corrected chi connectivity index (χ3v) is 4.21. The first-order valence-corrected chi connectivity index (χ1v) is 8.13. The Kier molecular flexibility index (Phi) is 5.02. The van der Waals surface area contributed by atoms with Crippen molar-refractivity contribution < 1.29 is 4.39 Å². The maximum Gasteiger partial charge on any atom is 0.167 e. The predicted octanol–water partition coefficient (Wildman–Crippen LogP) is 1.07. The summed E-state index contributed by atoms with van der Waals surface area (Å²) in [6.45, 7) is 4.98. The van der Waals surface area contributed by atoms with Gasteiger partial charge in [0.15, 0.2) is 5.82 Å². The van der Waals surface area contributed by atoms with Crippen LogP contribution in [0.5, 0.6) is 0 Å². The van der Waals surface area contributed by atoms with Crippen molar-refractivity contribution in [3.05, 3.63) is 29.6 Å². The number of nitrogens with zero attached hydrogens (tertiary/aromatic N) is 5. The van der Waals surface area contributed by atoms with Gasteiger partial charge in [-0.1, -0.05) is 0 Å². The highest BCUT2D eigenvalue weighted by Crippen LogP contribution is 2.22. The molecule has 0 unspecified atom stereocenters. The molecule has 2 N–H and O–H groups in total. The summed E-state index contributed by atoms with van der Waals surface area (Å²) in [7, 11) is 2.06. The number of hydrogen-bond donors (Lipinski definition) is 2. The summed E-state index contributed by atoms with van der Waals surface area (Å²) in [5, 5.41) is 14.6. The molecule has 1 aliphatic rings. The lowest BCUT2D eigenvalue weighted by atomic mass is 10.2. The second kappa shape index (κ2) is 7.18. The summed E-state index contributed by atoms with van der Waals surface area (Å²) in [6.07, 6.45) is 2.44. The first kappa shape index (κ1) is 16.1. The zero-order chi connectivity index (χ0) is 16.2. The molecule has 0 aromatic carbocycles. The van der Waals surface area contributed by atoms with Crippen LogP contribution < -0.4 is 5.32 Å². The Balaban J connectivity index is 1.50. The molecule has 23 heavy (non-hydrogen) atoms. The Hall–Kier alpha value is -1.80. The number of aryl methyl sites for hydroxylation is 1. The molecule has 8 heteroatoms. The molecule has 1 aliphatic heterocycles. The van der Waals surface area contributed by atoms with Crippen LogP contribution in [0.1, 0.15) is 36.7 Å². The third-order valence-electron chi connectivity index (χ3n) is 4.21. The van der Waals surface area contributed by atoms with E-state index in [0.717, 1.165) is 25.3 Å². The van der Waals surface area contributed by atoms with Crippen molar-refractivity contribution in [1.29, 1.82) is 0 Å². The zero-order valence-electron chi connectivity index (χ0n) is 13.7. The van der Waals surface area contributed by atoms with Crippen LogP contribution >= 0.6 is 0 Å². The summed E-state index contributed by atoms with van der Waals surface area (Å²) in [6, 6.07) is 1.99. The monoisotopic (exact) mass is 321 g/mol. The molecule has 0 spiro atoms. The molecule has 7 nitrogen and oxygen atoms in total. The van der Waals surface area contributed by atoms with Gasteiger partial charge in [-0.15, -0.1) is 0 Å². The summed E-state index contributed by atoms with van der Waals surface area (Å²) in [4.78, 5) is 6.68. The van der Waals surface area contributed by atoms with Crippen LogP contribution in [0.25, 0.3) is 0 Å². The number of alkyl halides is 1. The molecule has 1 saturated heterocycles. The number of nitrogens with one attached hydrogen (secondary N) is 2. The molecule has 2 aromatic rings. The molecular weight excluding hydrogens is 297 g/mol. The summed E-state index contributed by atoms with van der Waals surface area (Å²) in [5.41, 5.74) is 1.24. The van der Waals surface area contributed by atoms with E-state index in [1.54, 1.807) is 0 Å². The lowest BCUT2D eigenvalue weighted by Crippen LogP contribution is -2.22. The van der Waals surface area contributed by atoms with E-state index in [1.165, 1.54) is 5.69 Å². The maximum absolute atomic E-state index is 13.2. The number of hydrogen-bond acceptors (Lipinski definition) is 5. The van der Waals surface area contributed by atoms with Gasteiger partial charge >= 0.3 is 0 Å². The molecule has 2 aromatic heterocycles. The molecule has 126 valence electrons. The second-order valence-corrected chi connectivity index (χ2v) is 6.06. The first-order valence-electron chi connectivity index (χ1n) is 8.13. The first-order chi connectivity index (χ1) is 11.2. The van der Waals surface area contributed by atoms with Crippen molar-refractivity contribution in [3.8, 4) is 0 Å². The fourth-order valence-corrected chi connectivity index (χ4v) is 2.92. The van der Waals surface area contributed by atoms with Crippen molar-refractivity contribution in [3.63, 3.8) is 0 Å². The molecule has 0 aliphatic carbocycles. The normalized spacial score (nSPS) is 21.4. The van der Waals surface area contributed by atoms with Crippen molar-refractivity contribution in [2.24, 2.45) is 0 Å². The van der Waals surface area contributed by atoms with E-state index >= 15 is 0 Å². The van der Waals surface area contributed by atoms with Crippen LogP contribution in [0, 0.1) is 0 Å². The number of aromatic nitrogens is 5. The standard InChI is InChI=1S/C15H24FN7/c1-3-23-12(4-6-18-23)5-7-22(2)10-14-19-15(21-20-14)13-8-11(16)9-17-13/h4,6,11,13,17H,3,5,7-10H2,1-2H3,(H,19,20,21)/t11-,13+/m0/s1. The quantitative estimate of drug-likeness (QED) is 0.798. The number of rotatable bonds is 7. The van der Waals surface area contributed by atoms with Crippen LogP contribution in [-0.4, -0.2) is 56.2 Å². The van der Waals surface area contributed by atoms with Gasteiger partial charge in [-0.3, -0.25) is 14.7 Å². The Bertz CT molecular complexity index is 623. The number of H-pyrrole nitrogens is 1. The van der Waals surface area contributed by atoms with E-state index in [1.807, 2.05) is 10.9 Å². The highest BCUT2D eigenvalue weighted by molar-refractivity contribution is 5.02. The highest BCUT2D eigenvalue weighted by atomic mass is 19.1. The fourth-order valence-electron chi connectivity index (χ4n) is 2.92. The molecule has 3 rings (SSSR count). The average molecular weight is 321 g/mol. The lowest BCUT2D eigenvalue weighted by Gasteiger charge is -2.15. The van der Waals surface area contributed by atoms with Crippen LogP contribution in [0.2, 0.25) is 0 Å². The Morgan fingerprint density at radius 3 is 3.09 bits per heavy atom. The Morgan fingerprint density at radius 2 is 2.35 bits per heavy atom. The van der Waals surface area contributed by atoms with Gasteiger partial charge in [-0.05, 0) is 20.0 Å². The van der Waals surface area contributed by atoms with Crippen LogP contribution in [0.3, 0.4) is 0 Å². The maximum atomic E-state index is 13.2. The SMILES string of the molecule is CCn1nccc1CCN(C)Cc1nc([C@H]2C[C@H](F)CN2)n[nH]1. The average Bonchev–Trinajstić information content (AvgIpc) is 3.25. The zero-order valence-corrected chi connectivity index (χ0v) is 13.7. The predicted molar refractivity (Wildman–Crippen MR) is 84.6 cm³/mol. The van der Waals surface area contributed by atoms with Gasteiger partial charge in [0, 0.05) is 44.4 Å². The number of aromatic amines is 1. The molecule has 3 heterocycles. The largest absolute Gasteiger partial charge is 0.304 e. The topological polar surface area (TPSA) is 74.7 Å². The lowest BCUT2D eigenvalue weighted by molar-refractivity contribution is 0.319. The van der Waals surface area contributed by atoms with Gasteiger partial charge in [0.2, 0.25) is 0 Å². The number of likely N-dealkylation sites (N-methyl/N-ethyl adjacent to an activating group) is 1. The van der Waals surface area contributed by atoms with Crippen molar-refractivity contribution >= 4 is 0 Å². The van der Waals surface area contributed by atoms with Crippen molar-refractivity contribution in [2.45, 2.75) is 45.1 Å². The van der Waals surface area contributed by atoms with Gasteiger partial charge in [-0.25, -0.2) is 9.37 Å². The third kappa shape index (κ3) is 3.94. The molecule has 1 fully saturated rings. The number of halogens is 1. The van der Waals surface area contributed by atoms with Gasteiger partial charge in [0.05, 0.1) is 12.6 Å².